The van der Waals surface area contributed by atoms with Crippen molar-refractivity contribution in [3.63, 3.8) is 0 Å². The van der Waals surface area contributed by atoms with Crippen LogP contribution in [0.25, 0.3) is 0 Å². The summed E-state index contributed by atoms with van der Waals surface area (Å²) < 4.78 is 5.21. The van der Waals surface area contributed by atoms with Crippen molar-refractivity contribution in [1.29, 1.82) is 0 Å². The fourth-order valence-electron chi connectivity index (χ4n) is 2.29. The Morgan fingerprint density at radius 2 is 1.75 bits per heavy atom. The minimum Gasteiger partial charge on any atom is -0.465 e. The Morgan fingerprint density at radius 1 is 1.04 bits per heavy atom. The molecule has 2 rings (SSSR count). The molecule has 0 amide bonds. The molecule has 0 aliphatic carbocycles. The highest BCUT2D eigenvalue weighted by molar-refractivity contribution is 9.10. The molecule has 126 valence electrons. The molecule has 0 aliphatic heterocycles. The molecule has 3 nitrogen and oxygen atoms in total. The lowest BCUT2D eigenvalue weighted by molar-refractivity contribution is -0.142. The summed E-state index contributed by atoms with van der Waals surface area (Å²) in [4.78, 5) is 24.0. The number of carbonyl (C=O) groups excluding carboxylic acids is 2. The first kappa shape index (κ1) is 18.4. The fraction of sp³-hybridized carbons (Fsp3) is 0.300. The predicted molar refractivity (Wildman–Crippen MR) is 98.6 cm³/mol. The van der Waals surface area contributed by atoms with Crippen LogP contribution in [0.4, 0.5) is 0 Å². The molecule has 0 radical (unpaired) electrons. The summed E-state index contributed by atoms with van der Waals surface area (Å²) in [6.07, 6.45) is 2.34. The highest BCUT2D eigenvalue weighted by Crippen LogP contribution is 2.16. The molecule has 0 aliphatic rings. The maximum atomic E-state index is 12.5. The molecule has 0 N–H and O–H groups in total. The van der Waals surface area contributed by atoms with Crippen LogP contribution < -0.4 is 0 Å². The van der Waals surface area contributed by atoms with E-state index in [4.69, 9.17) is 4.74 Å². The van der Waals surface area contributed by atoms with Crippen molar-refractivity contribution >= 4 is 27.7 Å². The number of ether oxygens (including phenoxy) is 1. The SMILES string of the molecule is CCCCOC(=O)C(Br)Cc1cccc(C(=O)c2ccccc2)c1. The molecule has 0 aromatic heterocycles. The lowest BCUT2D eigenvalue weighted by atomic mass is 10.00. The van der Waals surface area contributed by atoms with Crippen molar-refractivity contribution in [2.45, 2.75) is 31.0 Å². The van der Waals surface area contributed by atoms with Gasteiger partial charge in [0.25, 0.3) is 0 Å². The van der Waals surface area contributed by atoms with Gasteiger partial charge in [0.05, 0.1) is 6.61 Å². The molecule has 0 bridgehead atoms. The summed E-state index contributed by atoms with van der Waals surface area (Å²) in [5.74, 6) is -0.280. The van der Waals surface area contributed by atoms with Gasteiger partial charge in [-0.2, -0.15) is 0 Å². The molecule has 0 spiro atoms. The Morgan fingerprint density at radius 3 is 2.46 bits per heavy atom. The number of benzene rings is 2. The third kappa shape index (κ3) is 5.31. The number of hydrogen-bond donors (Lipinski definition) is 0. The first-order valence-electron chi connectivity index (χ1n) is 8.11. The molecule has 0 saturated heterocycles. The summed E-state index contributed by atoms with van der Waals surface area (Å²) in [5.41, 5.74) is 2.20. The lowest BCUT2D eigenvalue weighted by Crippen LogP contribution is -2.20. The van der Waals surface area contributed by atoms with Gasteiger partial charge in [0.2, 0.25) is 0 Å². The second kappa shape index (κ2) is 9.38. The molecule has 1 unspecified atom stereocenters. The number of hydrogen-bond acceptors (Lipinski definition) is 3. The zero-order chi connectivity index (χ0) is 17.4. The van der Waals surface area contributed by atoms with Crippen LogP contribution in [-0.4, -0.2) is 23.2 Å². The Hall–Kier alpha value is -1.94. The smallest absolute Gasteiger partial charge is 0.320 e. The minimum absolute atomic E-state index is 0.0194. The largest absolute Gasteiger partial charge is 0.465 e. The van der Waals surface area contributed by atoms with Crippen molar-refractivity contribution in [1.82, 2.24) is 0 Å². The number of ketones is 1. The molecule has 0 fully saturated rings. The lowest BCUT2D eigenvalue weighted by Gasteiger charge is -2.11. The third-order valence-corrected chi connectivity index (χ3v) is 4.34. The molecule has 0 saturated carbocycles. The van der Waals surface area contributed by atoms with E-state index in [2.05, 4.69) is 22.9 Å². The molecule has 24 heavy (non-hydrogen) atoms. The third-order valence-electron chi connectivity index (χ3n) is 3.64. The average Bonchev–Trinajstić information content (AvgIpc) is 2.62. The quantitative estimate of drug-likeness (QED) is 0.288. The standard InChI is InChI=1S/C20H21BrO3/c1-2-3-12-24-20(23)18(21)14-15-8-7-11-17(13-15)19(22)16-9-5-4-6-10-16/h4-11,13,18H,2-3,12,14H2,1H3. The molecule has 4 heteroatoms. The van der Waals surface area contributed by atoms with Gasteiger partial charge in [-0.05, 0) is 24.5 Å². The second-order valence-corrected chi connectivity index (χ2v) is 6.69. The van der Waals surface area contributed by atoms with Gasteiger partial charge >= 0.3 is 5.97 Å². The molecular formula is C20H21BrO3. The summed E-state index contributed by atoms with van der Waals surface area (Å²) in [7, 11) is 0. The molecule has 1 atom stereocenters. The van der Waals surface area contributed by atoms with Crippen molar-refractivity contribution in [2.24, 2.45) is 0 Å². The predicted octanol–water partition coefficient (Wildman–Crippen LogP) is 4.57. The summed E-state index contributed by atoms with van der Waals surface area (Å²) >= 11 is 3.38. The Bertz CT molecular complexity index is 682. The Labute approximate surface area is 151 Å². The summed E-state index contributed by atoms with van der Waals surface area (Å²) in [6, 6.07) is 16.6. The van der Waals surface area contributed by atoms with E-state index < -0.39 is 4.83 Å². The second-order valence-electron chi connectivity index (χ2n) is 5.59. The van der Waals surface area contributed by atoms with Gasteiger partial charge in [-0.3, -0.25) is 9.59 Å². The maximum absolute atomic E-state index is 12.5. The van der Waals surface area contributed by atoms with Crippen LogP contribution in [0, 0.1) is 0 Å². The molecule has 0 heterocycles. The first-order valence-corrected chi connectivity index (χ1v) is 9.02. The van der Waals surface area contributed by atoms with Gasteiger partial charge in [-0.25, -0.2) is 0 Å². The normalized spacial score (nSPS) is 11.8. The van der Waals surface area contributed by atoms with Crippen LogP contribution >= 0.6 is 15.9 Å². The van der Waals surface area contributed by atoms with Crippen LogP contribution in [0.3, 0.4) is 0 Å². The summed E-state index contributed by atoms with van der Waals surface area (Å²) in [6.45, 7) is 2.50. The number of unbranched alkanes of at least 4 members (excludes halogenated alkanes) is 1. The van der Waals surface area contributed by atoms with Crippen LogP contribution in [0.5, 0.6) is 0 Å². The highest BCUT2D eigenvalue weighted by atomic mass is 79.9. The van der Waals surface area contributed by atoms with E-state index >= 15 is 0 Å². The van der Waals surface area contributed by atoms with Gasteiger partial charge in [-0.1, -0.05) is 77.8 Å². The van der Waals surface area contributed by atoms with E-state index in [9.17, 15) is 9.59 Å². The van der Waals surface area contributed by atoms with Gasteiger partial charge in [-0.15, -0.1) is 0 Å². The highest BCUT2D eigenvalue weighted by Gasteiger charge is 2.18. The summed E-state index contributed by atoms with van der Waals surface area (Å²) in [5, 5.41) is 0. The first-order chi connectivity index (χ1) is 11.6. The number of halogens is 1. The average molecular weight is 389 g/mol. The van der Waals surface area contributed by atoms with Crippen molar-refractivity contribution in [2.75, 3.05) is 6.61 Å². The van der Waals surface area contributed by atoms with E-state index in [1.165, 1.54) is 0 Å². The number of alkyl halides is 1. The monoisotopic (exact) mass is 388 g/mol. The fourth-order valence-corrected chi connectivity index (χ4v) is 2.80. The van der Waals surface area contributed by atoms with Gasteiger partial charge in [0.1, 0.15) is 4.83 Å². The number of esters is 1. The van der Waals surface area contributed by atoms with Crippen molar-refractivity contribution in [3.8, 4) is 0 Å². The van der Waals surface area contributed by atoms with E-state index in [0.29, 0.717) is 24.2 Å². The van der Waals surface area contributed by atoms with Gasteiger partial charge in [0.15, 0.2) is 5.78 Å². The van der Waals surface area contributed by atoms with E-state index in [-0.39, 0.29) is 11.8 Å². The van der Waals surface area contributed by atoms with E-state index in [0.717, 1.165) is 18.4 Å². The zero-order valence-corrected chi connectivity index (χ0v) is 15.3. The molecule has 2 aromatic rings. The Balaban J connectivity index is 2.02. The minimum atomic E-state index is -0.406. The van der Waals surface area contributed by atoms with Crippen LogP contribution in [0.1, 0.15) is 41.3 Å². The van der Waals surface area contributed by atoms with Gasteiger partial charge < -0.3 is 4.74 Å². The van der Waals surface area contributed by atoms with Crippen molar-refractivity contribution < 1.29 is 14.3 Å². The number of carbonyl (C=O) groups is 2. The van der Waals surface area contributed by atoms with Crippen LogP contribution in [0.15, 0.2) is 54.6 Å². The van der Waals surface area contributed by atoms with E-state index in [1.54, 1.807) is 18.2 Å². The molecule has 2 aromatic carbocycles. The number of rotatable bonds is 8. The zero-order valence-electron chi connectivity index (χ0n) is 13.7. The molecular weight excluding hydrogens is 368 g/mol. The van der Waals surface area contributed by atoms with Crippen molar-refractivity contribution in [3.05, 3.63) is 71.3 Å². The Kier molecular flexibility index (Phi) is 7.19. The van der Waals surface area contributed by atoms with Gasteiger partial charge in [0, 0.05) is 11.1 Å². The van der Waals surface area contributed by atoms with E-state index in [1.807, 2.05) is 36.4 Å². The van der Waals surface area contributed by atoms with Crippen LogP contribution in [-0.2, 0) is 16.0 Å². The topological polar surface area (TPSA) is 43.4 Å². The van der Waals surface area contributed by atoms with Crippen LogP contribution in [0.2, 0.25) is 0 Å². The maximum Gasteiger partial charge on any atom is 0.320 e.